The molecule has 0 saturated heterocycles. The Bertz CT molecular complexity index is 562. The van der Waals surface area contributed by atoms with Crippen LogP contribution >= 0.6 is 11.3 Å². The third-order valence-corrected chi connectivity index (χ3v) is 5.52. The molecule has 1 atom stereocenters. The van der Waals surface area contributed by atoms with Crippen LogP contribution in [0.3, 0.4) is 0 Å². The number of amides is 1. The molecular weight excluding hydrogens is 286 g/mol. The maximum Gasteiger partial charge on any atom is 0.308 e. The van der Waals surface area contributed by atoms with Crippen LogP contribution in [0.15, 0.2) is 5.38 Å². The van der Waals surface area contributed by atoms with E-state index in [1.54, 1.807) is 23.2 Å². The number of nitrogens with zero attached hydrogens (tertiary/aromatic N) is 1. The van der Waals surface area contributed by atoms with Crippen molar-refractivity contribution in [2.75, 3.05) is 6.54 Å². The second kappa shape index (κ2) is 5.79. The van der Waals surface area contributed by atoms with Crippen LogP contribution in [-0.2, 0) is 17.6 Å². The molecule has 1 aromatic heterocycles. The fourth-order valence-corrected chi connectivity index (χ4v) is 4.10. The minimum Gasteiger partial charge on any atom is -0.481 e. The van der Waals surface area contributed by atoms with Crippen LogP contribution in [-0.4, -0.2) is 34.5 Å². The first kappa shape index (κ1) is 14.6. The molecule has 1 fully saturated rings. The molecular formula is C16H21NO3S. The molecule has 114 valence electrons. The number of rotatable bonds is 5. The lowest BCUT2D eigenvalue weighted by atomic mass is 9.95. The van der Waals surface area contributed by atoms with Crippen molar-refractivity contribution in [2.24, 2.45) is 5.92 Å². The van der Waals surface area contributed by atoms with Crippen LogP contribution in [0.2, 0.25) is 0 Å². The molecule has 1 saturated carbocycles. The van der Waals surface area contributed by atoms with Crippen molar-refractivity contribution in [2.45, 2.75) is 51.5 Å². The molecule has 0 unspecified atom stereocenters. The van der Waals surface area contributed by atoms with E-state index in [0.717, 1.165) is 37.7 Å². The summed E-state index contributed by atoms with van der Waals surface area (Å²) in [5.41, 5.74) is 2.06. The Balaban J connectivity index is 1.81. The highest BCUT2D eigenvalue weighted by Gasteiger charge is 2.36. The third-order valence-electron chi connectivity index (χ3n) is 4.43. The first-order chi connectivity index (χ1) is 10.1. The monoisotopic (exact) mass is 307 g/mol. The van der Waals surface area contributed by atoms with E-state index in [9.17, 15) is 9.59 Å². The third kappa shape index (κ3) is 2.98. The highest BCUT2D eigenvalue weighted by Crippen LogP contribution is 2.34. The van der Waals surface area contributed by atoms with Crippen molar-refractivity contribution >= 4 is 23.2 Å². The van der Waals surface area contributed by atoms with Crippen LogP contribution in [0.4, 0.5) is 0 Å². The van der Waals surface area contributed by atoms with E-state index in [4.69, 9.17) is 5.11 Å². The van der Waals surface area contributed by atoms with Crippen molar-refractivity contribution in [3.63, 3.8) is 0 Å². The van der Waals surface area contributed by atoms with Crippen LogP contribution < -0.4 is 0 Å². The van der Waals surface area contributed by atoms with Crippen LogP contribution in [0.25, 0.3) is 0 Å². The number of carboxylic acids is 1. The van der Waals surface area contributed by atoms with E-state index < -0.39 is 11.9 Å². The zero-order valence-electron chi connectivity index (χ0n) is 12.3. The Hall–Kier alpha value is -1.36. The SMILES string of the molecule is C[C@@H](CN(C(=O)c1csc2c1CCCC2)C1CC1)C(=O)O. The predicted molar refractivity (Wildman–Crippen MR) is 81.8 cm³/mol. The maximum absolute atomic E-state index is 12.9. The molecule has 3 rings (SSSR count). The van der Waals surface area contributed by atoms with E-state index >= 15 is 0 Å². The Morgan fingerprint density at radius 1 is 1.38 bits per heavy atom. The number of fused-ring (bicyclic) bond motifs is 1. The number of carbonyl (C=O) groups excluding carboxylic acids is 1. The zero-order chi connectivity index (χ0) is 15.0. The summed E-state index contributed by atoms with van der Waals surface area (Å²) in [5.74, 6) is -1.30. The lowest BCUT2D eigenvalue weighted by molar-refractivity contribution is -0.141. The van der Waals surface area contributed by atoms with Gasteiger partial charge in [0, 0.05) is 22.8 Å². The van der Waals surface area contributed by atoms with Crippen molar-refractivity contribution in [1.82, 2.24) is 4.90 Å². The molecule has 1 heterocycles. The molecule has 5 heteroatoms. The number of aliphatic carboxylic acids is 1. The van der Waals surface area contributed by atoms with Gasteiger partial charge in [-0.05, 0) is 44.1 Å². The Labute approximate surface area is 128 Å². The highest BCUT2D eigenvalue weighted by atomic mass is 32.1. The summed E-state index contributed by atoms with van der Waals surface area (Å²) in [5, 5.41) is 11.1. The first-order valence-electron chi connectivity index (χ1n) is 7.71. The second-order valence-electron chi connectivity index (χ2n) is 6.19. The van der Waals surface area contributed by atoms with Gasteiger partial charge in [-0.3, -0.25) is 9.59 Å². The van der Waals surface area contributed by atoms with Crippen molar-refractivity contribution in [3.05, 3.63) is 21.4 Å². The molecule has 2 aliphatic carbocycles. The molecule has 0 aromatic carbocycles. The number of aryl methyl sites for hydroxylation is 1. The summed E-state index contributed by atoms with van der Waals surface area (Å²) in [6, 6.07) is 0.249. The summed E-state index contributed by atoms with van der Waals surface area (Å²) in [6.07, 6.45) is 6.45. The Morgan fingerprint density at radius 2 is 2.10 bits per heavy atom. The largest absolute Gasteiger partial charge is 0.481 e. The minimum atomic E-state index is -0.833. The fraction of sp³-hybridized carbons (Fsp3) is 0.625. The summed E-state index contributed by atoms with van der Waals surface area (Å²) >= 11 is 1.69. The summed E-state index contributed by atoms with van der Waals surface area (Å²) < 4.78 is 0. The van der Waals surface area contributed by atoms with Gasteiger partial charge in [0.05, 0.1) is 11.5 Å². The molecule has 2 aliphatic rings. The standard InChI is InChI=1S/C16H21NO3S/c1-10(16(19)20)8-17(11-6-7-11)15(18)13-9-21-14-5-3-2-4-12(13)14/h9-11H,2-8H2,1H3,(H,19,20)/t10-/m0/s1. The van der Waals surface area contributed by atoms with Gasteiger partial charge < -0.3 is 10.0 Å². The quantitative estimate of drug-likeness (QED) is 0.910. The molecule has 0 aliphatic heterocycles. The molecule has 1 N–H and O–H groups in total. The van der Waals surface area contributed by atoms with Gasteiger partial charge >= 0.3 is 5.97 Å². The normalized spacial score (nSPS) is 18.9. The lowest BCUT2D eigenvalue weighted by Gasteiger charge is -2.25. The number of hydrogen-bond donors (Lipinski definition) is 1. The smallest absolute Gasteiger partial charge is 0.308 e. The summed E-state index contributed by atoms with van der Waals surface area (Å²) in [6.45, 7) is 2.00. The molecule has 4 nitrogen and oxygen atoms in total. The van der Waals surface area contributed by atoms with Crippen molar-refractivity contribution in [1.29, 1.82) is 0 Å². The average molecular weight is 307 g/mol. The topological polar surface area (TPSA) is 57.6 Å². The number of hydrogen-bond acceptors (Lipinski definition) is 3. The van der Waals surface area contributed by atoms with Crippen LogP contribution in [0, 0.1) is 5.92 Å². The number of carboxylic acid groups (broad SMARTS) is 1. The van der Waals surface area contributed by atoms with E-state index in [1.807, 2.05) is 5.38 Å². The number of thiophene rings is 1. The fourth-order valence-electron chi connectivity index (χ4n) is 2.99. The van der Waals surface area contributed by atoms with Gasteiger partial charge in [0.25, 0.3) is 5.91 Å². The lowest BCUT2D eigenvalue weighted by Crippen LogP contribution is -2.38. The van der Waals surface area contributed by atoms with Crippen LogP contribution in [0.5, 0.6) is 0 Å². The van der Waals surface area contributed by atoms with E-state index in [0.29, 0.717) is 6.54 Å². The van der Waals surface area contributed by atoms with E-state index in [2.05, 4.69) is 0 Å². The molecule has 0 spiro atoms. The van der Waals surface area contributed by atoms with Gasteiger partial charge in [-0.1, -0.05) is 6.92 Å². The minimum absolute atomic E-state index is 0.0463. The van der Waals surface area contributed by atoms with Gasteiger partial charge in [0.1, 0.15) is 0 Å². The van der Waals surface area contributed by atoms with Gasteiger partial charge in [0.2, 0.25) is 0 Å². The Kier molecular flexibility index (Phi) is 4.02. The predicted octanol–water partition coefficient (Wildman–Crippen LogP) is 2.95. The second-order valence-corrected chi connectivity index (χ2v) is 7.15. The first-order valence-corrected chi connectivity index (χ1v) is 8.59. The van der Waals surface area contributed by atoms with Gasteiger partial charge in [-0.2, -0.15) is 0 Å². The highest BCUT2D eigenvalue weighted by molar-refractivity contribution is 7.10. The number of carbonyl (C=O) groups is 2. The maximum atomic E-state index is 12.9. The average Bonchev–Trinajstić information content (AvgIpc) is 3.22. The van der Waals surface area contributed by atoms with E-state index in [-0.39, 0.29) is 11.9 Å². The van der Waals surface area contributed by atoms with Crippen molar-refractivity contribution < 1.29 is 14.7 Å². The van der Waals surface area contributed by atoms with E-state index in [1.165, 1.54) is 16.9 Å². The van der Waals surface area contributed by atoms with Gasteiger partial charge in [-0.25, -0.2) is 0 Å². The molecule has 1 aromatic rings. The van der Waals surface area contributed by atoms with Gasteiger partial charge in [0.15, 0.2) is 0 Å². The van der Waals surface area contributed by atoms with Gasteiger partial charge in [-0.15, -0.1) is 11.3 Å². The Morgan fingerprint density at radius 3 is 2.76 bits per heavy atom. The van der Waals surface area contributed by atoms with Crippen molar-refractivity contribution in [3.8, 4) is 0 Å². The van der Waals surface area contributed by atoms with Crippen LogP contribution in [0.1, 0.15) is 53.4 Å². The summed E-state index contributed by atoms with van der Waals surface area (Å²) in [4.78, 5) is 27.1. The molecule has 1 amide bonds. The molecule has 0 radical (unpaired) electrons. The molecule has 21 heavy (non-hydrogen) atoms. The summed E-state index contributed by atoms with van der Waals surface area (Å²) in [7, 11) is 0. The zero-order valence-corrected chi connectivity index (χ0v) is 13.1. The molecule has 0 bridgehead atoms.